The van der Waals surface area contributed by atoms with E-state index in [0.717, 1.165) is 34.7 Å². The van der Waals surface area contributed by atoms with E-state index in [1.807, 2.05) is 0 Å². The van der Waals surface area contributed by atoms with Gasteiger partial charge in [0.25, 0.3) is 5.91 Å². The van der Waals surface area contributed by atoms with E-state index in [1.54, 1.807) is 0 Å². The van der Waals surface area contributed by atoms with Crippen LogP contribution in [0.4, 0.5) is 18.2 Å². The van der Waals surface area contributed by atoms with Crippen LogP contribution in [0.3, 0.4) is 0 Å². The number of ether oxygens (including phenoxy) is 2. The normalized spacial score (nSPS) is 11.4. The number of hydrogen-bond donors (Lipinski definition) is 2. The van der Waals surface area contributed by atoms with Gasteiger partial charge >= 0.3 is 12.1 Å². The molecule has 2 aromatic heterocycles. The number of carbonyl (C=O) groups is 3. The molecular weight excluding hydrogens is 463 g/mol. The van der Waals surface area contributed by atoms with Crippen LogP contribution in [0.15, 0.2) is 5.16 Å². The van der Waals surface area contributed by atoms with E-state index in [-0.39, 0.29) is 45.1 Å². The van der Waals surface area contributed by atoms with Gasteiger partial charge in [0.15, 0.2) is 5.16 Å². The number of aromatic nitrogens is 3. The lowest BCUT2D eigenvalue weighted by Crippen LogP contribution is -2.18. The van der Waals surface area contributed by atoms with E-state index < -0.39 is 29.8 Å². The highest BCUT2D eigenvalue weighted by Gasteiger charge is 2.37. The molecule has 2 rings (SSSR count). The molecule has 15 heteroatoms. The number of anilines is 1. The van der Waals surface area contributed by atoms with Crippen molar-refractivity contribution in [1.29, 1.82) is 0 Å². The van der Waals surface area contributed by atoms with Crippen LogP contribution >= 0.6 is 23.1 Å². The highest BCUT2D eigenvalue weighted by Crippen LogP contribution is 2.34. The molecule has 0 radical (unpaired) electrons. The number of nitrogens with two attached hydrogens (primary N) is 1. The van der Waals surface area contributed by atoms with Gasteiger partial charge in [-0.15, -0.1) is 21.5 Å². The fourth-order valence-electron chi connectivity index (χ4n) is 2.35. The number of carbonyl (C=O) groups excluding carboxylic acids is 3. The number of esters is 1. The molecule has 3 N–H and O–H groups in total. The summed E-state index contributed by atoms with van der Waals surface area (Å²) in [6.07, 6.45) is -4.68. The van der Waals surface area contributed by atoms with E-state index in [0.29, 0.717) is 0 Å². The molecule has 0 aliphatic carbocycles. The lowest BCUT2D eigenvalue weighted by Gasteiger charge is -2.08. The second-order valence-corrected chi connectivity index (χ2v) is 7.92. The average Bonchev–Trinajstić information content (AvgIpc) is 3.20. The number of halogens is 3. The first-order valence-corrected chi connectivity index (χ1v) is 10.3. The van der Waals surface area contributed by atoms with E-state index >= 15 is 0 Å². The third-order valence-corrected chi connectivity index (χ3v) is 6.01. The smallest absolute Gasteiger partial charge is 0.451 e. The van der Waals surface area contributed by atoms with Gasteiger partial charge in [0.05, 0.1) is 22.8 Å². The van der Waals surface area contributed by atoms with Gasteiger partial charge in [-0.05, 0) is 12.5 Å². The monoisotopic (exact) mass is 481 g/mol. The second-order valence-electron chi connectivity index (χ2n) is 5.95. The molecule has 0 unspecified atom stereocenters. The first-order chi connectivity index (χ1) is 14.5. The van der Waals surface area contributed by atoms with E-state index in [1.165, 1.54) is 14.0 Å². The molecule has 2 heterocycles. The lowest BCUT2D eigenvalue weighted by molar-refractivity contribution is -0.147. The van der Waals surface area contributed by atoms with Crippen LogP contribution in [-0.4, -0.2) is 58.6 Å². The molecule has 2 amide bonds. The second kappa shape index (κ2) is 10.1. The van der Waals surface area contributed by atoms with Crippen molar-refractivity contribution in [3.63, 3.8) is 0 Å². The summed E-state index contributed by atoms with van der Waals surface area (Å²) in [6.45, 7) is 1.58. The number of thioether (sulfide) groups is 1. The maximum atomic E-state index is 12.8. The summed E-state index contributed by atoms with van der Waals surface area (Å²) in [4.78, 5) is 36.4. The number of primary amides is 1. The summed E-state index contributed by atoms with van der Waals surface area (Å²) in [5.41, 5.74) is 5.52. The Balaban J connectivity index is 2.15. The summed E-state index contributed by atoms with van der Waals surface area (Å²) in [7, 11) is 2.55. The van der Waals surface area contributed by atoms with Gasteiger partial charge in [-0.3, -0.25) is 9.59 Å². The molecule has 2 aromatic rings. The minimum Gasteiger partial charge on any atom is -0.460 e. The van der Waals surface area contributed by atoms with Crippen molar-refractivity contribution < 1.29 is 37.0 Å². The summed E-state index contributed by atoms with van der Waals surface area (Å²) in [5, 5.41) is 8.87. The predicted octanol–water partition coefficient (Wildman–Crippen LogP) is 1.84. The van der Waals surface area contributed by atoms with Crippen molar-refractivity contribution in [2.24, 2.45) is 12.8 Å². The van der Waals surface area contributed by atoms with Crippen LogP contribution in [0.1, 0.15) is 31.4 Å². The number of nitrogens with zero attached hydrogens (tertiary/aromatic N) is 3. The van der Waals surface area contributed by atoms with Crippen molar-refractivity contribution in [3.05, 3.63) is 21.8 Å². The molecule has 0 saturated carbocycles. The number of thiophene rings is 1. The SMILES string of the molecule is COCCOC(=O)c1c(NC(=O)CSc2nnc(C(F)(F)F)n2C)sc(C(N)=O)c1C. The highest BCUT2D eigenvalue weighted by atomic mass is 32.2. The minimum atomic E-state index is -4.68. The first kappa shape index (κ1) is 24.6. The maximum absolute atomic E-state index is 12.8. The largest absolute Gasteiger partial charge is 0.460 e. The first-order valence-electron chi connectivity index (χ1n) is 8.45. The van der Waals surface area contributed by atoms with Gasteiger partial charge < -0.3 is 25.1 Å². The van der Waals surface area contributed by atoms with E-state index in [4.69, 9.17) is 15.2 Å². The number of rotatable bonds is 9. The van der Waals surface area contributed by atoms with Crippen molar-refractivity contribution in [1.82, 2.24) is 14.8 Å². The fourth-order valence-corrected chi connectivity index (χ4v) is 4.13. The summed E-state index contributed by atoms with van der Waals surface area (Å²) >= 11 is 1.51. The zero-order valence-corrected chi connectivity index (χ0v) is 18.2. The molecule has 0 aliphatic heterocycles. The lowest BCUT2D eigenvalue weighted by atomic mass is 10.1. The van der Waals surface area contributed by atoms with Crippen LogP contribution in [0.25, 0.3) is 0 Å². The Morgan fingerprint density at radius 3 is 2.48 bits per heavy atom. The van der Waals surface area contributed by atoms with E-state index in [2.05, 4.69) is 15.5 Å². The highest BCUT2D eigenvalue weighted by molar-refractivity contribution is 7.99. The molecule has 0 aliphatic rings. The van der Waals surface area contributed by atoms with Gasteiger partial charge in [-0.25, -0.2) is 4.79 Å². The van der Waals surface area contributed by atoms with Crippen molar-refractivity contribution in [2.45, 2.75) is 18.3 Å². The zero-order valence-electron chi connectivity index (χ0n) is 16.5. The molecule has 170 valence electrons. The number of amides is 2. The Morgan fingerprint density at radius 2 is 1.94 bits per heavy atom. The predicted molar refractivity (Wildman–Crippen MR) is 105 cm³/mol. The van der Waals surface area contributed by atoms with Gasteiger partial charge in [0.2, 0.25) is 11.7 Å². The number of hydrogen-bond acceptors (Lipinski definition) is 9. The molecule has 0 bridgehead atoms. The Morgan fingerprint density at radius 1 is 1.26 bits per heavy atom. The van der Waals surface area contributed by atoms with Crippen LogP contribution in [0.5, 0.6) is 0 Å². The molecule has 0 spiro atoms. The number of alkyl halides is 3. The van der Waals surface area contributed by atoms with Gasteiger partial charge in [0, 0.05) is 14.2 Å². The van der Waals surface area contributed by atoms with Crippen LogP contribution < -0.4 is 11.1 Å². The van der Waals surface area contributed by atoms with Gasteiger partial charge in [-0.1, -0.05) is 11.8 Å². The van der Waals surface area contributed by atoms with Gasteiger partial charge in [-0.2, -0.15) is 13.2 Å². The topological polar surface area (TPSA) is 138 Å². The molecule has 31 heavy (non-hydrogen) atoms. The molecule has 0 aromatic carbocycles. The average molecular weight is 481 g/mol. The third kappa shape index (κ3) is 5.95. The Kier molecular flexibility index (Phi) is 8.02. The molecular formula is C16H18F3N5O5S2. The summed E-state index contributed by atoms with van der Waals surface area (Å²) < 4.78 is 48.9. The quantitative estimate of drug-likeness (QED) is 0.314. The standard InChI is InChI=1S/C16H18F3N5O5S2/c1-7-9(13(27)29-5-4-28-3)12(31-10(7)11(20)26)21-8(25)6-30-15-23-22-14(24(15)2)16(17,18)19/h4-6H2,1-3H3,(H2,20,26)(H,21,25). The Bertz CT molecular complexity index is 989. The summed E-state index contributed by atoms with van der Waals surface area (Å²) in [5.74, 6) is -3.75. The zero-order chi connectivity index (χ0) is 23.3. The third-order valence-electron chi connectivity index (χ3n) is 3.77. The molecule has 0 atom stereocenters. The number of methoxy groups -OCH3 is 1. The molecule has 0 fully saturated rings. The van der Waals surface area contributed by atoms with E-state index in [9.17, 15) is 27.6 Å². The van der Waals surface area contributed by atoms with Crippen molar-refractivity contribution >= 4 is 45.9 Å². The molecule has 10 nitrogen and oxygen atoms in total. The maximum Gasteiger partial charge on any atom is 0.451 e. The van der Waals surface area contributed by atoms with Crippen LogP contribution in [0.2, 0.25) is 0 Å². The fraction of sp³-hybridized carbons (Fsp3) is 0.438. The Hall–Kier alpha value is -2.65. The van der Waals surface area contributed by atoms with Crippen molar-refractivity contribution in [3.8, 4) is 0 Å². The van der Waals surface area contributed by atoms with Gasteiger partial charge in [0.1, 0.15) is 11.6 Å². The van der Waals surface area contributed by atoms with Crippen LogP contribution in [-0.2, 0) is 27.5 Å². The molecule has 0 saturated heterocycles. The van der Waals surface area contributed by atoms with Crippen LogP contribution in [0, 0.1) is 6.92 Å². The number of nitrogens with one attached hydrogen (secondary N) is 1. The van der Waals surface area contributed by atoms with Crippen molar-refractivity contribution in [2.75, 3.05) is 31.4 Å². The summed E-state index contributed by atoms with van der Waals surface area (Å²) in [6, 6.07) is 0. The minimum absolute atomic E-state index is 0.0354. The Labute approximate surface area is 182 Å².